The van der Waals surface area contributed by atoms with Crippen LogP contribution in [0.3, 0.4) is 0 Å². The number of carbonyl (C=O) groups is 2. The van der Waals surface area contributed by atoms with Crippen LogP contribution in [0.2, 0.25) is 0 Å². The number of pyridine rings is 1. The second-order valence-electron chi connectivity index (χ2n) is 8.30. The molecule has 0 saturated heterocycles. The number of hydrogen-bond acceptors (Lipinski definition) is 5. The van der Waals surface area contributed by atoms with Gasteiger partial charge in [-0.15, -0.1) is 10.2 Å². The molecule has 0 fully saturated rings. The normalized spacial score (nSPS) is 12.9. The molecule has 0 atom stereocenters. The second kappa shape index (κ2) is 8.18. The second-order valence-corrected chi connectivity index (χ2v) is 8.30. The van der Waals surface area contributed by atoms with Crippen LogP contribution in [0.15, 0.2) is 60.9 Å². The van der Waals surface area contributed by atoms with Gasteiger partial charge in [-0.1, -0.05) is 24.3 Å². The highest BCUT2D eigenvalue weighted by Crippen LogP contribution is 2.32. The number of benzene rings is 2. The van der Waals surface area contributed by atoms with E-state index in [4.69, 9.17) is 5.11 Å². The summed E-state index contributed by atoms with van der Waals surface area (Å²) in [7, 11) is 0. The van der Waals surface area contributed by atoms with Crippen LogP contribution >= 0.6 is 0 Å². The van der Waals surface area contributed by atoms with Gasteiger partial charge in [-0.25, -0.2) is 14.2 Å². The van der Waals surface area contributed by atoms with E-state index in [0.717, 1.165) is 11.6 Å². The van der Waals surface area contributed by atoms with E-state index in [1.165, 1.54) is 12.1 Å². The van der Waals surface area contributed by atoms with E-state index >= 15 is 0 Å². The molecule has 9 heteroatoms. The number of carbonyl (C=O) groups excluding carboxylic acids is 1. The van der Waals surface area contributed by atoms with Crippen molar-refractivity contribution in [2.24, 2.45) is 0 Å². The molecule has 0 unspecified atom stereocenters. The molecule has 5 rings (SSSR count). The first kappa shape index (κ1) is 21.4. The van der Waals surface area contributed by atoms with E-state index < -0.39 is 17.3 Å². The number of carboxylic acid groups (broad SMARTS) is 1. The Morgan fingerprint density at radius 2 is 1.85 bits per heavy atom. The lowest BCUT2D eigenvalue weighted by Gasteiger charge is -2.16. The molecule has 1 aliphatic rings. The van der Waals surface area contributed by atoms with Gasteiger partial charge in [0.2, 0.25) is 0 Å². The first-order chi connectivity index (χ1) is 16.3. The molecule has 34 heavy (non-hydrogen) atoms. The topological polar surface area (TPSA) is 101 Å². The van der Waals surface area contributed by atoms with Gasteiger partial charge in [-0.3, -0.25) is 9.69 Å². The Morgan fingerprint density at radius 3 is 2.59 bits per heavy atom. The third-order valence-electron chi connectivity index (χ3n) is 5.82. The molecule has 3 heterocycles. The van der Waals surface area contributed by atoms with Gasteiger partial charge in [0.25, 0.3) is 5.91 Å². The molecule has 170 valence electrons. The number of anilines is 1. The van der Waals surface area contributed by atoms with Crippen LogP contribution in [0, 0.1) is 5.82 Å². The predicted molar refractivity (Wildman–Crippen MR) is 123 cm³/mol. The largest absolute Gasteiger partial charge is 0.478 e. The van der Waals surface area contributed by atoms with Crippen LogP contribution in [0.4, 0.5) is 10.2 Å². The lowest BCUT2D eigenvalue weighted by atomic mass is 9.99. The minimum atomic E-state index is -1.33. The fourth-order valence-corrected chi connectivity index (χ4v) is 4.04. The van der Waals surface area contributed by atoms with Gasteiger partial charge in [0.15, 0.2) is 5.82 Å². The summed E-state index contributed by atoms with van der Waals surface area (Å²) in [6, 6.07) is 14.8. The smallest absolute Gasteiger partial charge is 0.338 e. The number of halogens is 1. The van der Waals surface area contributed by atoms with Gasteiger partial charge in [0, 0.05) is 11.6 Å². The quantitative estimate of drug-likeness (QED) is 0.471. The Hall–Kier alpha value is -4.40. The van der Waals surface area contributed by atoms with Crippen LogP contribution in [-0.2, 0) is 6.54 Å². The third-order valence-corrected chi connectivity index (χ3v) is 5.82. The summed E-state index contributed by atoms with van der Waals surface area (Å²) < 4.78 is 16.1. The number of amides is 1. The molecule has 0 radical (unpaired) electrons. The predicted octanol–water partition coefficient (Wildman–Crippen LogP) is 4.59. The molecule has 4 aromatic rings. The van der Waals surface area contributed by atoms with E-state index in [2.05, 4.69) is 15.2 Å². The van der Waals surface area contributed by atoms with E-state index in [9.17, 15) is 14.0 Å². The number of rotatable bonds is 5. The van der Waals surface area contributed by atoms with E-state index in [0.29, 0.717) is 40.6 Å². The molecular formula is C25H20FN5O3. The van der Waals surface area contributed by atoms with Crippen molar-refractivity contribution in [3.05, 3.63) is 83.4 Å². The van der Waals surface area contributed by atoms with E-state index in [1.807, 2.05) is 36.6 Å². The van der Waals surface area contributed by atoms with Crippen LogP contribution in [-0.4, -0.2) is 36.7 Å². The highest BCUT2D eigenvalue weighted by molar-refractivity contribution is 6.10. The number of fused-ring (bicyclic) bond motifs is 1. The molecule has 1 N–H and O–H groups in total. The molecule has 0 bridgehead atoms. The fourth-order valence-electron chi connectivity index (χ4n) is 4.04. The summed E-state index contributed by atoms with van der Waals surface area (Å²) in [5, 5.41) is 17.2. The van der Waals surface area contributed by atoms with E-state index in [1.54, 1.807) is 29.4 Å². The molecule has 0 saturated carbocycles. The van der Waals surface area contributed by atoms with Crippen molar-refractivity contribution in [1.82, 2.24) is 19.7 Å². The minimum absolute atomic E-state index is 0.154. The average molecular weight is 457 g/mol. The summed E-state index contributed by atoms with van der Waals surface area (Å²) in [6.07, 6.45) is 1.65. The van der Waals surface area contributed by atoms with Gasteiger partial charge in [0.1, 0.15) is 23.7 Å². The average Bonchev–Trinajstić information content (AvgIpc) is 3.44. The van der Waals surface area contributed by atoms with Crippen LogP contribution in [0.25, 0.3) is 22.6 Å². The van der Waals surface area contributed by atoms with Gasteiger partial charge in [-0.2, -0.15) is 0 Å². The van der Waals surface area contributed by atoms with Crippen molar-refractivity contribution in [2.45, 2.75) is 26.4 Å². The molecule has 2 aromatic heterocycles. The summed E-state index contributed by atoms with van der Waals surface area (Å²) in [5.41, 5.74) is 2.65. The first-order valence-corrected chi connectivity index (χ1v) is 10.7. The van der Waals surface area contributed by atoms with Gasteiger partial charge in [-0.05, 0) is 60.9 Å². The number of carboxylic acids is 1. The molecule has 0 aliphatic carbocycles. The van der Waals surface area contributed by atoms with Crippen molar-refractivity contribution < 1.29 is 19.1 Å². The zero-order valence-electron chi connectivity index (χ0n) is 18.4. The lowest BCUT2D eigenvalue weighted by Crippen LogP contribution is -2.24. The number of aromatic nitrogens is 4. The van der Waals surface area contributed by atoms with Crippen molar-refractivity contribution in [2.75, 3.05) is 4.90 Å². The Labute approximate surface area is 194 Å². The highest BCUT2D eigenvalue weighted by atomic mass is 19.1. The molecule has 8 nitrogen and oxygen atoms in total. The summed E-state index contributed by atoms with van der Waals surface area (Å²) in [5.74, 6) is -1.25. The van der Waals surface area contributed by atoms with Gasteiger partial charge in [0.05, 0.1) is 12.1 Å². The maximum Gasteiger partial charge on any atom is 0.338 e. The molecule has 1 amide bonds. The Bertz CT molecular complexity index is 1450. The van der Waals surface area contributed by atoms with E-state index in [-0.39, 0.29) is 11.9 Å². The van der Waals surface area contributed by atoms with Gasteiger partial charge < -0.3 is 9.67 Å². The number of nitrogens with zero attached hydrogens (tertiary/aromatic N) is 5. The van der Waals surface area contributed by atoms with Crippen molar-refractivity contribution >= 4 is 17.7 Å². The third kappa shape index (κ3) is 3.61. The zero-order valence-corrected chi connectivity index (χ0v) is 18.4. The lowest BCUT2D eigenvalue weighted by molar-refractivity contribution is 0.0691. The Morgan fingerprint density at radius 1 is 1.09 bits per heavy atom. The van der Waals surface area contributed by atoms with Crippen LogP contribution in [0.5, 0.6) is 0 Å². The monoisotopic (exact) mass is 457 g/mol. The highest BCUT2D eigenvalue weighted by Gasteiger charge is 2.30. The standard InChI is InChI=1S/C25H20FN5O3/c1-14(2)31-13-27-29-23(31)21-4-3-5-22(28-21)30-12-17-7-6-15(10-19(17)24(30)32)16-8-9-18(25(33)34)20(26)11-16/h3-11,13-14H,12H2,1-2H3,(H,33,34). The van der Waals surface area contributed by atoms with Gasteiger partial charge >= 0.3 is 5.97 Å². The number of aromatic carboxylic acids is 1. The Balaban J connectivity index is 1.46. The minimum Gasteiger partial charge on any atom is -0.478 e. The van der Waals surface area contributed by atoms with Crippen LogP contribution < -0.4 is 4.90 Å². The maximum atomic E-state index is 14.2. The summed E-state index contributed by atoms with van der Waals surface area (Å²) in [4.78, 5) is 30.6. The fraction of sp³-hybridized carbons (Fsp3) is 0.160. The SMILES string of the molecule is CC(C)n1cnnc1-c1cccc(N2Cc3ccc(-c4ccc(C(=O)O)c(F)c4)cc3C2=O)n1. The van der Waals surface area contributed by atoms with Crippen LogP contribution in [0.1, 0.15) is 46.2 Å². The first-order valence-electron chi connectivity index (χ1n) is 10.7. The Kier molecular flexibility index (Phi) is 5.16. The molecule has 0 spiro atoms. The zero-order chi connectivity index (χ0) is 24.0. The maximum absolute atomic E-state index is 14.2. The van der Waals surface area contributed by atoms with Crippen molar-refractivity contribution in [3.8, 4) is 22.6 Å². The molecule has 1 aliphatic heterocycles. The summed E-state index contributed by atoms with van der Waals surface area (Å²) >= 11 is 0. The number of hydrogen-bond donors (Lipinski definition) is 1. The molecular weight excluding hydrogens is 437 g/mol. The summed E-state index contributed by atoms with van der Waals surface area (Å²) in [6.45, 7) is 4.40. The molecule has 2 aromatic carbocycles. The van der Waals surface area contributed by atoms with Crippen molar-refractivity contribution in [3.63, 3.8) is 0 Å². The van der Waals surface area contributed by atoms with Crippen molar-refractivity contribution in [1.29, 1.82) is 0 Å².